The van der Waals surface area contributed by atoms with Gasteiger partial charge in [0.25, 0.3) is 5.91 Å². The summed E-state index contributed by atoms with van der Waals surface area (Å²) < 4.78 is 19.3. The van der Waals surface area contributed by atoms with Gasteiger partial charge in [-0.25, -0.2) is 4.39 Å². The van der Waals surface area contributed by atoms with Crippen LogP contribution in [0.25, 0.3) is 0 Å². The van der Waals surface area contributed by atoms with E-state index in [9.17, 15) is 9.18 Å². The molecule has 0 unspecified atom stereocenters. The van der Waals surface area contributed by atoms with E-state index >= 15 is 0 Å². The Kier molecular flexibility index (Phi) is 5.05. The number of amides is 1. The fraction of sp³-hybridized carbons (Fsp3) is 0.812. The standard InChI is InChI=1S/C16H24FN3O2/c17-13(10-12-6-2-1-3-7-12)16(21)20-9-5-4-8-14(20)15-18-11-22-19-15/h11-14H,1-10H2/t13-,14-/m0/s1. The second kappa shape index (κ2) is 7.20. The molecular weight excluding hydrogens is 285 g/mol. The summed E-state index contributed by atoms with van der Waals surface area (Å²) in [4.78, 5) is 18.2. The fourth-order valence-corrected chi connectivity index (χ4v) is 3.79. The van der Waals surface area contributed by atoms with Gasteiger partial charge in [0.15, 0.2) is 12.0 Å². The van der Waals surface area contributed by atoms with Crippen LogP contribution in [0.15, 0.2) is 10.9 Å². The number of carbonyl (C=O) groups excluding carboxylic acids is 1. The SMILES string of the molecule is O=C([C@@H](F)CC1CCCCC1)N1CCCC[C@H]1c1ncon1. The first kappa shape index (κ1) is 15.4. The second-order valence-electron chi connectivity index (χ2n) is 6.54. The van der Waals surface area contributed by atoms with E-state index < -0.39 is 6.17 Å². The van der Waals surface area contributed by atoms with Crippen molar-refractivity contribution >= 4 is 5.91 Å². The number of hydrogen-bond acceptors (Lipinski definition) is 4. The summed E-state index contributed by atoms with van der Waals surface area (Å²) in [6, 6.07) is -0.232. The van der Waals surface area contributed by atoms with Crippen LogP contribution in [0, 0.1) is 5.92 Å². The van der Waals surface area contributed by atoms with Crippen molar-refractivity contribution in [3.63, 3.8) is 0 Å². The highest BCUT2D eigenvalue weighted by Gasteiger charge is 2.35. The number of halogens is 1. The van der Waals surface area contributed by atoms with Gasteiger partial charge >= 0.3 is 0 Å². The van der Waals surface area contributed by atoms with E-state index in [4.69, 9.17) is 4.52 Å². The molecule has 1 aromatic heterocycles. The highest BCUT2D eigenvalue weighted by molar-refractivity contribution is 5.81. The first-order chi connectivity index (χ1) is 10.8. The lowest BCUT2D eigenvalue weighted by Crippen LogP contribution is -2.43. The summed E-state index contributed by atoms with van der Waals surface area (Å²) in [6.07, 6.45) is 8.63. The molecule has 5 nitrogen and oxygen atoms in total. The van der Waals surface area contributed by atoms with Gasteiger partial charge in [-0.15, -0.1) is 0 Å². The highest BCUT2D eigenvalue weighted by atomic mass is 19.1. The molecular formula is C16H24FN3O2. The largest absolute Gasteiger partial charge is 0.343 e. The Labute approximate surface area is 130 Å². The lowest BCUT2D eigenvalue weighted by molar-refractivity contribution is -0.141. The smallest absolute Gasteiger partial charge is 0.257 e. The molecule has 1 amide bonds. The Morgan fingerprint density at radius 1 is 1.27 bits per heavy atom. The molecule has 22 heavy (non-hydrogen) atoms. The van der Waals surface area contributed by atoms with E-state index in [0.717, 1.165) is 32.1 Å². The zero-order chi connectivity index (χ0) is 15.4. The molecule has 3 rings (SSSR count). The van der Waals surface area contributed by atoms with Crippen molar-refractivity contribution in [3.8, 4) is 0 Å². The zero-order valence-corrected chi connectivity index (χ0v) is 12.9. The normalized spacial score (nSPS) is 25.1. The van der Waals surface area contributed by atoms with Crippen LogP contribution in [0.2, 0.25) is 0 Å². The van der Waals surface area contributed by atoms with Crippen LogP contribution in [-0.2, 0) is 4.79 Å². The van der Waals surface area contributed by atoms with Crippen LogP contribution >= 0.6 is 0 Å². The monoisotopic (exact) mass is 309 g/mol. The molecule has 0 aromatic carbocycles. The van der Waals surface area contributed by atoms with E-state index in [1.165, 1.54) is 25.7 Å². The number of alkyl halides is 1. The predicted octanol–water partition coefficient (Wildman–Crippen LogP) is 3.43. The Hall–Kier alpha value is -1.46. The zero-order valence-electron chi connectivity index (χ0n) is 12.9. The highest BCUT2D eigenvalue weighted by Crippen LogP contribution is 2.32. The van der Waals surface area contributed by atoms with Gasteiger partial charge in [0.1, 0.15) is 0 Å². The van der Waals surface area contributed by atoms with Crippen LogP contribution in [-0.4, -0.2) is 33.7 Å². The van der Waals surface area contributed by atoms with Gasteiger partial charge in [0.05, 0.1) is 6.04 Å². The number of carbonyl (C=O) groups is 1. The van der Waals surface area contributed by atoms with Crippen molar-refractivity contribution in [1.82, 2.24) is 15.0 Å². The molecule has 1 aliphatic heterocycles. The summed E-state index contributed by atoms with van der Waals surface area (Å²) >= 11 is 0. The molecule has 2 fully saturated rings. The van der Waals surface area contributed by atoms with E-state index in [0.29, 0.717) is 24.7 Å². The third-order valence-electron chi connectivity index (χ3n) is 5.00. The number of nitrogens with zero attached hydrogens (tertiary/aromatic N) is 3. The maximum absolute atomic E-state index is 14.5. The molecule has 0 bridgehead atoms. The van der Waals surface area contributed by atoms with Gasteiger partial charge in [0, 0.05) is 6.54 Å². The minimum absolute atomic E-state index is 0.232. The van der Waals surface area contributed by atoms with Crippen molar-refractivity contribution < 1.29 is 13.7 Å². The maximum atomic E-state index is 14.5. The van der Waals surface area contributed by atoms with Gasteiger partial charge < -0.3 is 9.42 Å². The summed E-state index contributed by atoms with van der Waals surface area (Å²) in [5.74, 6) is 0.471. The van der Waals surface area contributed by atoms with Crippen molar-refractivity contribution in [2.75, 3.05) is 6.54 Å². The number of piperidine rings is 1. The maximum Gasteiger partial charge on any atom is 0.257 e. The molecule has 1 aromatic rings. The summed E-state index contributed by atoms with van der Waals surface area (Å²) in [6.45, 7) is 0.586. The van der Waals surface area contributed by atoms with Crippen molar-refractivity contribution in [2.24, 2.45) is 5.92 Å². The van der Waals surface area contributed by atoms with E-state index in [-0.39, 0.29) is 11.9 Å². The van der Waals surface area contributed by atoms with Gasteiger partial charge in [-0.05, 0) is 31.6 Å². The van der Waals surface area contributed by atoms with Gasteiger partial charge in [0.2, 0.25) is 6.39 Å². The Morgan fingerprint density at radius 2 is 2.05 bits per heavy atom. The molecule has 2 atom stereocenters. The van der Waals surface area contributed by atoms with Crippen molar-refractivity contribution in [3.05, 3.63) is 12.2 Å². The Morgan fingerprint density at radius 3 is 2.77 bits per heavy atom. The van der Waals surface area contributed by atoms with E-state index in [1.807, 2.05) is 0 Å². The van der Waals surface area contributed by atoms with Crippen LogP contribution in [0.1, 0.15) is 69.7 Å². The third kappa shape index (κ3) is 3.47. The average molecular weight is 309 g/mol. The third-order valence-corrected chi connectivity index (χ3v) is 5.00. The van der Waals surface area contributed by atoms with Crippen molar-refractivity contribution in [1.29, 1.82) is 0 Å². The van der Waals surface area contributed by atoms with Gasteiger partial charge in [-0.1, -0.05) is 37.3 Å². The lowest BCUT2D eigenvalue weighted by atomic mass is 9.85. The minimum atomic E-state index is -1.39. The Bertz CT molecular complexity index is 474. The molecule has 2 aliphatic rings. The van der Waals surface area contributed by atoms with Crippen LogP contribution in [0.4, 0.5) is 4.39 Å². The van der Waals surface area contributed by atoms with E-state index in [1.54, 1.807) is 4.90 Å². The molecule has 122 valence electrons. The van der Waals surface area contributed by atoms with Crippen LogP contribution < -0.4 is 0 Å². The summed E-state index contributed by atoms with van der Waals surface area (Å²) in [5, 5.41) is 3.85. The number of hydrogen-bond donors (Lipinski definition) is 0. The molecule has 1 saturated carbocycles. The topological polar surface area (TPSA) is 59.2 Å². The second-order valence-corrected chi connectivity index (χ2v) is 6.54. The molecule has 0 spiro atoms. The van der Waals surface area contributed by atoms with Crippen LogP contribution in [0.5, 0.6) is 0 Å². The number of likely N-dealkylation sites (tertiary alicyclic amines) is 1. The molecule has 1 saturated heterocycles. The molecule has 1 aliphatic carbocycles. The minimum Gasteiger partial charge on any atom is -0.343 e. The quantitative estimate of drug-likeness (QED) is 0.855. The summed E-state index contributed by atoms with van der Waals surface area (Å²) in [5.41, 5.74) is 0. The van der Waals surface area contributed by atoms with Gasteiger partial charge in [-0.3, -0.25) is 4.79 Å². The fourth-order valence-electron chi connectivity index (χ4n) is 3.79. The molecule has 0 N–H and O–H groups in total. The average Bonchev–Trinajstić information content (AvgIpc) is 3.09. The molecule has 6 heteroatoms. The first-order valence-electron chi connectivity index (χ1n) is 8.46. The lowest BCUT2D eigenvalue weighted by Gasteiger charge is -2.35. The molecule has 2 heterocycles. The number of rotatable bonds is 4. The van der Waals surface area contributed by atoms with Gasteiger partial charge in [-0.2, -0.15) is 4.98 Å². The Balaban J connectivity index is 1.63. The summed E-state index contributed by atoms with van der Waals surface area (Å²) in [7, 11) is 0. The van der Waals surface area contributed by atoms with Crippen molar-refractivity contribution in [2.45, 2.75) is 70.0 Å². The number of aromatic nitrogens is 2. The van der Waals surface area contributed by atoms with E-state index in [2.05, 4.69) is 10.1 Å². The predicted molar refractivity (Wildman–Crippen MR) is 78.7 cm³/mol. The first-order valence-corrected chi connectivity index (χ1v) is 8.46. The van der Waals surface area contributed by atoms with Crippen LogP contribution in [0.3, 0.4) is 0 Å². The molecule has 0 radical (unpaired) electrons.